The minimum Gasteiger partial charge on any atom is -0.461 e. The highest BCUT2D eigenvalue weighted by atomic mass is 32.1. The molecule has 0 bridgehead atoms. The Kier molecular flexibility index (Phi) is 2.86. The van der Waals surface area contributed by atoms with Gasteiger partial charge in [0.25, 0.3) is 0 Å². The van der Waals surface area contributed by atoms with Crippen molar-refractivity contribution in [2.45, 2.75) is 6.92 Å². The van der Waals surface area contributed by atoms with Crippen molar-refractivity contribution in [2.24, 2.45) is 0 Å². The topological polar surface area (TPSA) is 93.9 Å². The Morgan fingerprint density at radius 3 is 3.12 bits per heavy atom. The van der Waals surface area contributed by atoms with Crippen molar-refractivity contribution in [3.8, 4) is 11.4 Å². The molecule has 0 saturated heterocycles. The van der Waals surface area contributed by atoms with E-state index in [4.69, 9.17) is 10.5 Å². The minimum absolute atomic E-state index is 0.239. The zero-order valence-corrected chi connectivity index (χ0v) is 9.37. The molecule has 84 valence electrons. The molecule has 2 aromatic rings. The van der Waals surface area contributed by atoms with Crippen molar-refractivity contribution >= 4 is 22.4 Å². The molecule has 0 aromatic carbocycles. The fourth-order valence-electron chi connectivity index (χ4n) is 1.17. The molecule has 0 radical (unpaired) electrons. The van der Waals surface area contributed by atoms with Gasteiger partial charge in [0.05, 0.1) is 12.3 Å². The quantitative estimate of drug-likeness (QED) is 0.786. The van der Waals surface area contributed by atoms with E-state index in [1.807, 2.05) is 0 Å². The van der Waals surface area contributed by atoms with Gasteiger partial charge in [0.1, 0.15) is 5.69 Å². The smallest absolute Gasteiger partial charge is 0.358 e. The third-order valence-corrected chi connectivity index (χ3v) is 2.53. The van der Waals surface area contributed by atoms with Gasteiger partial charge in [0, 0.05) is 11.4 Å². The molecule has 2 aromatic heterocycles. The number of hydrogen-bond acceptors (Lipinski definition) is 6. The number of H-pyrrole nitrogens is 1. The number of nitrogens with two attached hydrogens (primary N) is 1. The van der Waals surface area contributed by atoms with Crippen molar-refractivity contribution in [3.05, 3.63) is 17.1 Å². The molecule has 2 heterocycles. The van der Waals surface area contributed by atoms with Gasteiger partial charge in [-0.15, -0.1) is 11.3 Å². The summed E-state index contributed by atoms with van der Waals surface area (Å²) in [6, 6.07) is 1.59. The van der Waals surface area contributed by atoms with Crippen molar-refractivity contribution < 1.29 is 9.53 Å². The molecule has 6 nitrogen and oxygen atoms in total. The van der Waals surface area contributed by atoms with Gasteiger partial charge in [-0.2, -0.15) is 5.10 Å². The van der Waals surface area contributed by atoms with Gasteiger partial charge in [-0.05, 0) is 6.92 Å². The average Bonchev–Trinajstić information content (AvgIpc) is 2.85. The third-order valence-electron chi connectivity index (χ3n) is 1.86. The number of rotatable bonds is 3. The molecule has 7 heteroatoms. The SMILES string of the molecule is CCOC(=O)c1cc(-c2csc(N)n2)[nH]n1. The Hall–Kier alpha value is -1.89. The number of nitrogen functional groups attached to an aromatic ring is 1. The van der Waals surface area contributed by atoms with Crippen molar-refractivity contribution in [2.75, 3.05) is 12.3 Å². The first-order valence-electron chi connectivity index (χ1n) is 4.64. The molecule has 0 spiro atoms. The van der Waals surface area contributed by atoms with E-state index in [1.54, 1.807) is 18.4 Å². The number of anilines is 1. The van der Waals surface area contributed by atoms with Gasteiger partial charge in [-0.3, -0.25) is 5.10 Å². The number of ether oxygens (including phenoxy) is 1. The highest BCUT2D eigenvalue weighted by Crippen LogP contribution is 2.21. The number of thiazole rings is 1. The first-order chi connectivity index (χ1) is 7.70. The second-order valence-electron chi connectivity index (χ2n) is 2.96. The predicted octanol–water partition coefficient (Wildman–Crippen LogP) is 1.29. The fourth-order valence-corrected chi connectivity index (χ4v) is 1.74. The maximum atomic E-state index is 11.3. The van der Waals surface area contributed by atoms with Crippen molar-refractivity contribution in [1.29, 1.82) is 0 Å². The lowest BCUT2D eigenvalue weighted by Gasteiger charge is -1.94. The molecule has 0 aliphatic carbocycles. The zero-order valence-electron chi connectivity index (χ0n) is 8.56. The van der Waals surface area contributed by atoms with E-state index in [-0.39, 0.29) is 5.69 Å². The monoisotopic (exact) mass is 238 g/mol. The van der Waals surface area contributed by atoms with Crippen LogP contribution in [0.3, 0.4) is 0 Å². The van der Waals surface area contributed by atoms with Crippen LogP contribution in [0, 0.1) is 0 Å². The molecular weight excluding hydrogens is 228 g/mol. The largest absolute Gasteiger partial charge is 0.461 e. The summed E-state index contributed by atoms with van der Waals surface area (Å²) in [6.07, 6.45) is 0. The number of aromatic amines is 1. The van der Waals surface area contributed by atoms with Crippen LogP contribution in [0.25, 0.3) is 11.4 Å². The summed E-state index contributed by atoms with van der Waals surface area (Å²) in [5.74, 6) is -0.451. The van der Waals surface area contributed by atoms with E-state index in [9.17, 15) is 4.79 Å². The van der Waals surface area contributed by atoms with Crippen LogP contribution in [0.5, 0.6) is 0 Å². The number of nitrogens with one attached hydrogen (secondary N) is 1. The van der Waals surface area contributed by atoms with E-state index in [0.29, 0.717) is 23.1 Å². The van der Waals surface area contributed by atoms with Gasteiger partial charge >= 0.3 is 5.97 Å². The summed E-state index contributed by atoms with van der Waals surface area (Å²) < 4.78 is 4.82. The molecule has 2 rings (SSSR count). The number of carbonyl (C=O) groups excluding carboxylic acids is 1. The Bertz CT molecular complexity index is 505. The number of nitrogens with zero attached hydrogens (tertiary/aromatic N) is 2. The summed E-state index contributed by atoms with van der Waals surface area (Å²) >= 11 is 1.33. The summed E-state index contributed by atoms with van der Waals surface area (Å²) in [5.41, 5.74) is 7.07. The van der Waals surface area contributed by atoms with Crippen LogP contribution in [0.2, 0.25) is 0 Å². The lowest BCUT2D eigenvalue weighted by Crippen LogP contribution is -2.04. The normalized spacial score (nSPS) is 10.3. The summed E-state index contributed by atoms with van der Waals surface area (Å²) in [4.78, 5) is 15.4. The number of hydrogen-bond donors (Lipinski definition) is 2. The standard InChI is InChI=1S/C9H10N4O2S/c1-2-15-8(14)6-3-5(12-13-6)7-4-16-9(10)11-7/h3-4H,2H2,1H3,(H2,10,11)(H,12,13). The van der Waals surface area contributed by atoms with Crippen LogP contribution in [-0.2, 0) is 4.74 Å². The highest BCUT2D eigenvalue weighted by Gasteiger charge is 2.13. The molecule has 0 amide bonds. The molecule has 0 unspecified atom stereocenters. The van der Waals surface area contributed by atoms with E-state index >= 15 is 0 Å². The second-order valence-corrected chi connectivity index (χ2v) is 3.85. The fraction of sp³-hybridized carbons (Fsp3) is 0.222. The Morgan fingerprint density at radius 2 is 2.50 bits per heavy atom. The molecular formula is C9H10N4O2S. The third kappa shape index (κ3) is 2.03. The van der Waals surface area contributed by atoms with Crippen LogP contribution in [-0.4, -0.2) is 27.8 Å². The van der Waals surface area contributed by atoms with E-state index < -0.39 is 5.97 Å². The maximum Gasteiger partial charge on any atom is 0.358 e. The summed E-state index contributed by atoms with van der Waals surface area (Å²) in [5, 5.41) is 8.82. The molecule has 0 aliphatic heterocycles. The lowest BCUT2D eigenvalue weighted by atomic mass is 10.3. The van der Waals surface area contributed by atoms with Crippen LogP contribution >= 0.6 is 11.3 Å². The zero-order chi connectivity index (χ0) is 11.5. The molecule has 0 aliphatic rings. The first-order valence-corrected chi connectivity index (χ1v) is 5.52. The number of carbonyl (C=O) groups is 1. The van der Waals surface area contributed by atoms with E-state index in [1.165, 1.54) is 11.3 Å². The molecule has 0 atom stereocenters. The van der Waals surface area contributed by atoms with Crippen molar-refractivity contribution in [3.63, 3.8) is 0 Å². The molecule has 0 fully saturated rings. The molecule has 3 N–H and O–H groups in total. The van der Waals surface area contributed by atoms with E-state index in [0.717, 1.165) is 0 Å². The second kappa shape index (κ2) is 4.31. The highest BCUT2D eigenvalue weighted by molar-refractivity contribution is 7.13. The number of esters is 1. The predicted molar refractivity (Wildman–Crippen MR) is 60.1 cm³/mol. The van der Waals surface area contributed by atoms with Crippen LogP contribution < -0.4 is 5.73 Å². The van der Waals surface area contributed by atoms with Crippen LogP contribution in [0.4, 0.5) is 5.13 Å². The number of aromatic nitrogens is 3. The van der Waals surface area contributed by atoms with Gasteiger partial charge in [-0.25, -0.2) is 9.78 Å². The average molecular weight is 238 g/mol. The van der Waals surface area contributed by atoms with Gasteiger partial charge < -0.3 is 10.5 Å². The minimum atomic E-state index is -0.451. The van der Waals surface area contributed by atoms with Crippen LogP contribution in [0.15, 0.2) is 11.4 Å². The summed E-state index contributed by atoms with van der Waals surface area (Å²) in [7, 11) is 0. The van der Waals surface area contributed by atoms with Gasteiger partial charge in [0.2, 0.25) is 0 Å². The Labute approximate surface area is 95.5 Å². The molecule has 16 heavy (non-hydrogen) atoms. The lowest BCUT2D eigenvalue weighted by molar-refractivity contribution is 0.0519. The first kappa shape index (κ1) is 10.6. The van der Waals surface area contributed by atoms with Crippen molar-refractivity contribution in [1.82, 2.24) is 15.2 Å². The van der Waals surface area contributed by atoms with E-state index in [2.05, 4.69) is 15.2 Å². The summed E-state index contributed by atoms with van der Waals surface area (Å²) in [6.45, 7) is 2.07. The van der Waals surface area contributed by atoms with Crippen LogP contribution in [0.1, 0.15) is 17.4 Å². The van der Waals surface area contributed by atoms with Gasteiger partial charge in [0.15, 0.2) is 10.8 Å². The molecule has 0 saturated carbocycles. The van der Waals surface area contributed by atoms with Gasteiger partial charge in [-0.1, -0.05) is 0 Å². The Morgan fingerprint density at radius 1 is 1.69 bits per heavy atom. The Balaban J connectivity index is 2.22. The maximum absolute atomic E-state index is 11.3.